The lowest BCUT2D eigenvalue weighted by atomic mass is 10.0. The minimum Gasteiger partial charge on any atom is -0.379 e. The zero-order chi connectivity index (χ0) is 11.0. The molecule has 1 saturated heterocycles. The Labute approximate surface area is 101 Å². The van der Waals surface area contributed by atoms with Crippen molar-refractivity contribution in [2.45, 2.75) is 12.0 Å². The maximum Gasteiger partial charge on any atom is 0.259 e. The van der Waals surface area contributed by atoms with E-state index in [0.29, 0.717) is 23.9 Å². The van der Waals surface area contributed by atoms with Crippen LogP contribution >= 0.6 is 23.1 Å². The quantitative estimate of drug-likeness (QED) is 0.889. The predicted octanol–water partition coefficient (Wildman–Crippen LogP) is 2.12. The number of thiophene rings is 1. The number of thioether (sulfide) groups is 1. The smallest absolute Gasteiger partial charge is 0.259 e. The van der Waals surface area contributed by atoms with Crippen molar-refractivity contribution in [1.29, 1.82) is 0 Å². The van der Waals surface area contributed by atoms with Crippen LogP contribution in [0.15, 0.2) is 21.3 Å². The largest absolute Gasteiger partial charge is 0.379 e. The Morgan fingerprint density at radius 2 is 2.44 bits per heavy atom. The number of aromatic nitrogens is 2. The molecule has 6 heteroatoms. The molecule has 0 aliphatic carbocycles. The van der Waals surface area contributed by atoms with E-state index < -0.39 is 5.60 Å². The first kappa shape index (κ1) is 10.3. The van der Waals surface area contributed by atoms with Crippen LogP contribution in [-0.4, -0.2) is 26.8 Å². The van der Waals surface area contributed by atoms with Crippen molar-refractivity contribution in [2.24, 2.45) is 0 Å². The molecule has 16 heavy (non-hydrogen) atoms. The van der Waals surface area contributed by atoms with E-state index in [1.54, 1.807) is 23.1 Å². The molecule has 0 amide bonds. The van der Waals surface area contributed by atoms with Gasteiger partial charge in [-0.2, -0.15) is 28.1 Å². The second-order valence-electron chi connectivity index (χ2n) is 3.77. The van der Waals surface area contributed by atoms with Crippen LogP contribution in [-0.2, 0) is 5.60 Å². The summed E-state index contributed by atoms with van der Waals surface area (Å²) >= 11 is 3.29. The van der Waals surface area contributed by atoms with Crippen LogP contribution in [0.1, 0.15) is 12.3 Å². The van der Waals surface area contributed by atoms with Crippen molar-refractivity contribution in [1.82, 2.24) is 10.1 Å². The molecule has 2 aromatic heterocycles. The van der Waals surface area contributed by atoms with Crippen LogP contribution in [0.2, 0.25) is 0 Å². The summed E-state index contributed by atoms with van der Waals surface area (Å²) in [7, 11) is 0. The van der Waals surface area contributed by atoms with Crippen LogP contribution in [0.25, 0.3) is 11.4 Å². The molecular weight excluding hydrogens is 244 g/mol. The lowest BCUT2D eigenvalue weighted by Crippen LogP contribution is -2.25. The van der Waals surface area contributed by atoms with Crippen LogP contribution in [0.4, 0.5) is 0 Å². The predicted molar refractivity (Wildman–Crippen MR) is 63.4 cm³/mol. The topological polar surface area (TPSA) is 59.2 Å². The molecule has 1 N–H and O–H groups in total. The van der Waals surface area contributed by atoms with E-state index in [4.69, 9.17) is 4.52 Å². The Morgan fingerprint density at radius 3 is 3.12 bits per heavy atom. The summed E-state index contributed by atoms with van der Waals surface area (Å²) < 4.78 is 5.16. The second-order valence-corrected chi connectivity index (χ2v) is 5.65. The fourth-order valence-corrected chi connectivity index (χ4v) is 3.51. The van der Waals surface area contributed by atoms with Crippen LogP contribution in [0.3, 0.4) is 0 Å². The molecule has 0 spiro atoms. The van der Waals surface area contributed by atoms with E-state index >= 15 is 0 Å². The average Bonchev–Trinajstić information content (AvgIpc) is 2.98. The van der Waals surface area contributed by atoms with E-state index in [2.05, 4.69) is 10.1 Å². The Bertz CT molecular complexity index is 475. The minimum atomic E-state index is -0.925. The van der Waals surface area contributed by atoms with Crippen molar-refractivity contribution < 1.29 is 9.63 Å². The summed E-state index contributed by atoms with van der Waals surface area (Å²) in [6, 6.07) is 1.94. The first-order chi connectivity index (χ1) is 7.78. The van der Waals surface area contributed by atoms with Gasteiger partial charge in [0.25, 0.3) is 5.89 Å². The normalized spacial score (nSPS) is 25.1. The van der Waals surface area contributed by atoms with Gasteiger partial charge in [-0.05, 0) is 23.6 Å². The van der Waals surface area contributed by atoms with E-state index in [1.807, 2.05) is 16.8 Å². The summed E-state index contributed by atoms with van der Waals surface area (Å²) in [6.07, 6.45) is 0.683. The molecule has 1 aliphatic heterocycles. The molecule has 0 bridgehead atoms. The molecule has 0 radical (unpaired) electrons. The van der Waals surface area contributed by atoms with Gasteiger partial charge in [-0.15, -0.1) is 0 Å². The van der Waals surface area contributed by atoms with Crippen LogP contribution in [0, 0.1) is 0 Å². The van der Waals surface area contributed by atoms with Gasteiger partial charge in [0, 0.05) is 16.7 Å². The van der Waals surface area contributed by atoms with Crippen molar-refractivity contribution in [3.8, 4) is 11.4 Å². The maximum atomic E-state index is 10.3. The number of rotatable bonds is 2. The Hall–Kier alpha value is -0.850. The van der Waals surface area contributed by atoms with Gasteiger partial charge in [0.2, 0.25) is 5.82 Å². The molecule has 1 aliphatic rings. The third-order valence-corrected chi connectivity index (χ3v) is 4.46. The molecule has 0 saturated carbocycles. The fourth-order valence-electron chi connectivity index (χ4n) is 1.64. The molecule has 1 fully saturated rings. The van der Waals surface area contributed by atoms with Gasteiger partial charge < -0.3 is 9.63 Å². The number of hydrogen-bond acceptors (Lipinski definition) is 6. The van der Waals surface area contributed by atoms with E-state index in [1.165, 1.54) is 0 Å². The zero-order valence-corrected chi connectivity index (χ0v) is 10.1. The molecule has 84 valence electrons. The molecule has 2 aromatic rings. The molecule has 3 rings (SSSR count). The molecule has 4 nitrogen and oxygen atoms in total. The van der Waals surface area contributed by atoms with E-state index in [0.717, 1.165) is 11.3 Å². The van der Waals surface area contributed by atoms with Gasteiger partial charge in [-0.3, -0.25) is 0 Å². The maximum absolute atomic E-state index is 10.3. The SMILES string of the molecule is OC1(c2nc(-c3ccsc3)no2)CCSC1. The minimum absolute atomic E-state index is 0.346. The van der Waals surface area contributed by atoms with Gasteiger partial charge in [-0.1, -0.05) is 5.16 Å². The monoisotopic (exact) mass is 254 g/mol. The molecule has 0 aromatic carbocycles. The van der Waals surface area contributed by atoms with Crippen molar-refractivity contribution >= 4 is 23.1 Å². The Kier molecular flexibility index (Phi) is 2.49. The lowest BCUT2D eigenvalue weighted by Gasteiger charge is -2.14. The number of hydrogen-bond donors (Lipinski definition) is 1. The zero-order valence-electron chi connectivity index (χ0n) is 8.42. The van der Waals surface area contributed by atoms with Gasteiger partial charge in [0.05, 0.1) is 0 Å². The number of nitrogens with zero attached hydrogens (tertiary/aromatic N) is 2. The highest BCUT2D eigenvalue weighted by molar-refractivity contribution is 7.99. The summed E-state index contributed by atoms with van der Waals surface area (Å²) in [6.45, 7) is 0. The second kappa shape index (κ2) is 3.87. The van der Waals surface area contributed by atoms with Crippen molar-refractivity contribution in [3.05, 3.63) is 22.7 Å². The first-order valence-corrected chi connectivity index (χ1v) is 7.05. The Balaban J connectivity index is 1.93. The average molecular weight is 254 g/mol. The summed E-state index contributed by atoms with van der Waals surface area (Å²) in [5.41, 5.74) is 0.0145. The van der Waals surface area contributed by atoms with Gasteiger partial charge in [0.15, 0.2) is 5.60 Å². The van der Waals surface area contributed by atoms with Crippen molar-refractivity contribution in [3.63, 3.8) is 0 Å². The van der Waals surface area contributed by atoms with Crippen LogP contribution in [0.5, 0.6) is 0 Å². The van der Waals surface area contributed by atoms with E-state index in [9.17, 15) is 5.11 Å². The van der Waals surface area contributed by atoms with Gasteiger partial charge in [0.1, 0.15) is 0 Å². The van der Waals surface area contributed by atoms with E-state index in [-0.39, 0.29) is 0 Å². The highest BCUT2D eigenvalue weighted by atomic mass is 32.2. The highest BCUT2D eigenvalue weighted by Crippen LogP contribution is 2.36. The highest BCUT2D eigenvalue weighted by Gasteiger charge is 2.39. The summed E-state index contributed by atoms with van der Waals surface area (Å²) in [5.74, 6) is 2.48. The fraction of sp³-hybridized carbons (Fsp3) is 0.400. The molecular formula is C10H10N2O2S2. The van der Waals surface area contributed by atoms with Gasteiger partial charge >= 0.3 is 0 Å². The first-order valence-electron chi connectivity index (χ1n) is 4.95. The molecule has 3 heterocycles. The van der Waals surface area contributed by atoms with Crippen molar-refractivity contribution in [2.75, 3.05) is 11.5 Å². The Morgan fingerprint density at radius 1 is 1.50 bits per heavy atom. The third-order valence-electron chi connectivity index (χ3n) is 2.60. The van der Waals surface area contributed by atoms with Crippen LogP contribution < -0.4 is 0 Å². The third kappa shape index (κ3) is 1.66. The number of aliphatic hydroxyl groups is 1. The standard InChI is InChI=1S/C10H10N2O2S2/c13-10(2-4-16-6-10)9-11-8(12-14-9)7-1-3-15-5-7/h1,3,5,13H,2,4,6H2. The summed E-state index contributed by atoms with van der Waals surface area (Å²) in [4.78, 5) is 4.27. The van der Waals surface area contributed by atoms with Gasteiger partial charge in [-0.25, -0.2) is 0 Å². The lowest BCUT2D eigenvalue weighted by molar-refractivity contribution is 0.0307. The summed E-state index contributed by atoms with van der Waals surface area (Å²) in [5, 5.41) is 18.1. The molecule has 1 unspecified atom stereocenters. The molecule has 1 atom stereocenters.